The largest absolute Gasteiger partial charge is 0.497 e. The van der Waals surface area contributed by atoms with E-state index in [9.17, 15) is 4.79 Å². The summed E-state index contributed by atoms with van der Waals surface area (Å²) >= 11 is 0. The number of benzene rings is 1. The Balaban J connectivity index is 1.70. The van der Waals surface area contributed by atoms with Gasteiger partial charge in [-0.15, -0.1) is 0 Å². The SMILES string of the molecule is COc1ccc(C2CN(C(=O)c3ccc(OC)nc3)CCO2)cc1. The number of morpholine rings is 1. The molecule has 0 aliphatic carbocycles. The molecule has 1 aromatic heterocycles. The maximum atomic E-state index is 12.6. The van der Waals surface area contributed by atoms with Gasteiger partial charge < -0.3 is 19.1 Å². The first kappa shape index (κ1) is 16.3. The number of carbonyl (C=O) groups is 1. The van der Waals surface area contributed by atoms with Crippen LogP contribution in [0.5, 0.6) is 11.6 Å². The zero-order chi connectivity index (χ0) is 16.9. The number of carbonyl (C=O) groups excluding carboxylic acids is 1. The van der Waals surface area contributed by atoms with Gasteiger partial charge in [0.15, 0.2) is 0 Å². The number of methoxy groups -OCH3 is 2. The van der Waals surface area contributed by atoms with Crippen LogP contribution in [-0.4, -0.2) is 49.7 Å². The van der Waals surface area contributed by atoms with Crippen LogP contribution in [0.25, 0.3) is 0 Å². The van der Waals surface area contributed by atoms with Gasteiger partial charge in [0.1, 0.15) is 11.9 Å². The van der Waals surface area contributed by atoms with Gasteiger partial charge in [-0.1, -0.05) is 12.1 Å². The van der Waals surface area contributed by atoms with E-state index < -0.39 is 0 Å². The Morgan fingerprint density at radius 2 is 1.96 bits per heavy atom. The van der Waals surface area contributed by atoms with Crippen LogP contribution in [0.15, 0.2) is 42.6 Å². The monoisotopic (exact) mass is 328 g/mol. The summed E-state index contributed by atoms with van der Waals surface area (Å²) < 4.78 is 16.0. The molecule has 0 N–H and O–H groups in total. The molecule has 6 heteroatoms. The van der Waals surface area contributed by atoms with Crippen molar-refractivity contribution in [2.75, 3.05) is 33.9 Å². The summed E-state index contributed by atoms with van der Waals surface area (Å²) in [5.41, 5.74) is 1.58. The lowest BCUT2D eigenvalue weighted by Gasteiger charge is -2.33. The first-order valence-corrected chi connectivity index (χ1v) is 7.76. The van der Waals surface area contributed by atoms with Crippen molar-refractivity contribution >= 4 is 5.91 Å². The van der Waals surface area contributed by atoms with E-state index in [1.807, 2.05) is 24.3 Å². The molecule has 24 heavy (non-hydrogen) atoms. The van der Waals surface area contributed by atoms with E-state index in [1.54, 1.807) is 37.4 Å². The van der Waals surface area contributed by atoms with Crippen molar-refractivity contribution in [2.45, 2.75) is 6.10 Å². The molecular weight excluding hydrogens is 308 g/mol. The van der Waals surface area contributed by atoms with E-state index in [-0.39, 0.29) is 12.0 Å². The predicted molar refractivity (Wildman–Crippen MR) is 88.4 cm³/mol. The third-order valence-electron chi connectivity index (χ3n) is 4.03. The van der Waals surface area contributed by atoms with Crippen LogP contribution in [0.3, 0.4) is 0 Å². The van der Waals surface area contributed by atoms with Gasteiger partial charge >= 0.3 is 0 Å². The van der Waals surface area contributed by atoms with Crippen LogP contribution in [0, 0.1) is 0 Å². The number of hydrogen-bond donors (Lipinski definition) is 0. The summed E-state index contributed by atoms with van der Waals surface area (Å²) in [6.45, 7) is 1.58. The number of ether oxygens (including phenoxy) is 3. The molecule has 1 saturated heterocycles. The Kier molecular flexibility index (Phi) is 4.96. The molecule has 1 aromatic carbocycles. The number of hydrogen-bond acceptors (Lipinski definition) is 5. The Labute approximate surface area is 141 Å². The molecule has 1 unspecified atom stereocenters. The van der Waals surface area contributed by atoms with Crippen molar-refractivity contribution in [2.24, 2.45) is 0 Å². The summed E-state index contributed by atoms with van der Waals surface area (Å²) in [7, 11) is 3.18. The molecule has 126 valence electrons. The standard InChI is InChI=1S/C18H20N2O4/c1-22-15-6-3-13(4-7-15)16-12-20(9-10-24-16)18(21)14-5-8-17(23-2)19-11-14/h3-8,11,16H,9-10,12H2,1-2H3. The van der Waals surface area contributed by atoms with Crippen LogP contribution in [-0.2, 0) is 4.74 Å². The number of pyridine rings is 1. The second-order valence-corrected chi connectivity index (χ2v) is 5.47. The minimum Gasteiger partial charge on any atom is -0.497 e. The summed E-state index contributed by atoms with van der Waals surface area (Å²) in [6.07, 6.45) is 1.40. The van der Waals surface area contributed by atoms with Gasteiger partial charge in [0.05, 0.1) is 32.9 Å². The van der Waals surface area contributed by atoms with Crippen LogP contribution in [0.1, 0.15) is 22.0 Å². The van der Waals surface area contributed by atoms with Crippen LogP contribution >= 0.6 is 0 Å². The third kappa shape index (κ3) is 3.49. The van der Waals surface area contributed by atoms with E-state index >= 15 is 0 Å². The maximum absolute atomic E-state index is 12.6. The van der Waals surface area contributed by atoms with Crippen molar-refractivity contribution in [1.29, 1.82) is 0 Å². The molecule has 1 fully saturated rings. The number of aromatic nitrogens is 1. The summed E-state index contributed by atoms with van der Waals surface area (Å²) in [5, 5.41) is 0. The molecule has 2 heterocycles. The van der Waals surface area contributed by atoms with Crippen molar-refractivity contribution < 1.29 is 19.0 Å². The number of rotatable bonds is 4. The number of amides is 1. The average molecular weight is 328 g/mol. The fraction of sp³-hybridized carbons (Fsp3) is 0.333. The molecule has 0 bridgehead atoms. The quantitative estimate of drug-likeness (QED) is 0.862. The third-order valence-corrected chi connectivity index (χ3v) is 4.03. The summed E-state index contributed by atoms with van der Waals surface area (Å²) in [4.78, 5) is 18.5. The van der Waals surface area contributed by atoms with Crippen molar-refractivity contribution in [3.8, 4) is 11.6 Å². The summed E-state index contributed by atoms with van der Waals surface area (Å²) in [5.74, 6) is 1.24. The Morgan fingerprint density at radius 1 is 1.17 bits per heavy atom. The zero-order valence-corrected chi connectivity index (χ0v) is 13.8. The minimum absolute atomic E-state index is 0.0491. The van der Waals surface area contributed by atoms with E-state index in [2.05, 4.69) is 4.98 Å². The molecule has 1 aliphatic rings. The minimum atomic E-state index is -0.139. The van der Waals surface area contributed by atoms with Gasteiger partial charge in [0.2, 0.25) is 5.88 Å². The molecule has 1 amide bonds. The lowest BCUT2D eigenvalue weighted by Crippen LogP contribution is -2.42. The fourth-order valence-electron chi connectivity index (χ4n) is 2.66. The molecule has 0 radical (unpaired) electrons. The first-order valence-electron chi connectivity index (χ1n) is 7.76. The lowest BCUT2D eigenvalue weighted by molar-refractivity contribution is -0.0228. The van der Waals surface area contributed by atoms with Crippen molar-refractivity contribution in [1.82, 2.24) is 9.88 Å². The van der Waals surface area contributed by atoms with Crippen LogP contribution in [0.2, 0.25) is 0 Å². The van der Waals surface area contributed by atoms with E-state index in [4.69, 9.17) is 14.2 Å². The lowest BCUT2D eigenvalue weighted by atomic mass is 10.1. The van der Waals surface area contributed by atoms with E-state index in [0.717, 1.165) is 11.3 Å². The molecule has 2 aromatic rings. The summed E-state index contributed by atoms with van der Waals surface area (Å²) in [6, 6.07) is 11.1. The zero-order valence-electron chi connectivity index (χ0n) is 13.8. The molecule has 0 saturated carbocycles. The van der Waals surface area contributed by atoms with Gasteiger partial charge in [0, 0.05) is 18.8 Å². The average Bonchev–Trinajstić information content (AvgIpc) is 2.67. The smallest absolute Gasteiger partial charge is 0.255 e. The Bertz CT molecular complexity index is 685. The molecular formula is C18H20N2O4. The highest BCUT2D eigenvalue weighted by Gasteiger charge is 2.26. The van der Waals surface area contributed by atoms with Gasteiger partial charge in [-0.2, -0.15) is 0 Å². The Morgan fingerprint density at radius 3 is 2.58 bits per heavy atom. The molecule has 6 nitrogen and oxygen atoms in total. The van der Waals surface area contributed by atoms with Crippen molar-refractivity contribution in [3.63, 3.8) is 0 Å². The topological polar surface area (TPSA) is 60.9 Å². The van der Waals surface area contributed by atoms with Crippen LogP contribution in [0.4, 0.5) is 0 Å². The predicted octanol–water partition coefficient (Wildman–Crippen LogP) is 2.31. The van der Waals surface area contributed by atoms with Crippen LogP contribution < -0.4 is 9.47 Å². The fourth-order valence-corrected chi connectivity index (χ4v) is 2.66. The van der Waals surface area contributed by atoms with Gasteiger partial charge in [-0.05, 0) is 23.8 Å². The van der Waals surface area contributed by atoms with Gasteiger partial charge in [-0.25, -0.2) is 4.98 Å². The normalized spacial score (nSPS) is 17.4. The second kappa shape index (κ2) is 7.31. The van der Waals surface area contributed by atoms with E-state index in [1.165, 1.54) is 0 Å². The van der Waals surface area contributed by atoms with E-state index in [0.29, 0.717) is 31.1 Å². The number of nitrogens with zero attached hydrogens (tertiary/aromatic N) is 2. The van der Waals surface area contributed by atoms with Gasteiger partial charge in [0.25, 0.3) is 5.91 Å². The first-order chi connectivity index (χ1) is 11.7. The highest BCUT2D eigenvalue weighted by Crippen LogP contribution is 2.25. The molecule has 3 rings (SSSR count). The highest BCUT2D eigenvalue weighted by molar-refractivity contribution is 5.94. The maximum Gasteiger partial charge on any atom is 0.255 e. The second-order valence-electron chi connectivity index (χ2n) is 5.47. The molecule has 1 atom stereocenters. The van der Waals surface area contributed by atoms with Crippen molar-refractivity contribution in [3.05, 3.63) is 53.7 Å². The van der Waals surface area contributed by atoms with Gasteiger partial charge in [-0.3, -0.25) is 4.79 Å². The molecule has 1 aliphatic heterocycles. The molecule has 0 spiro atoms. The Hall–Kier alpha value is -2.60. The highest BCUT2D eigenvalue weighted by atomic mass is 16.5.